The Kier molecular flexibility index (Phi) is 5.96. The van der Waals surface area contributed by atoms with Gasteiger partial charge in [0.25, 0.3) is 5.91 Å². The molecular formula is C25H27ClN2O4. The van der Waals surface area contributed by atoms with Crippen LogP contribution in [-0.4, -0.2) is 54.5 Å². The van der Waals surface area contributed by atoms with Gasteiger partial charge in [-0.25, -0.2) is 0 Å². The zero-order valence-corrected chi connectivity index (χ0v) is 18.7. The van der Waals surface area contributed by atoms with E-state index < -0.39 is 0 Å². The van der Waals surface area contributed by atoms with Crippen molar-refractivity contribution in [2.45, 2.75) is 31.7 Å². The predicted molar refractivity (Wildman–Crippen MR) is 121 cm³/mol. The van der Waals surface area contributed by atoms with E-state index in [2.05, 4.69) is 6.07 Å². The summed E-state index contributed by atoms with van der Waals surface area (Å²) >= 11 is 5.93. The molecule has 0 unspecified atom stereocenters. The average Bonchev–Trinajstić information content (AvgIpc) is 3.33. The molecule has 0 bridgehead atoms. The number of ether oxygens (including phenoxy) is 2. The molecule has 6 nitrogen and oxygen atoms in total. The molecule has 3 aliphatic heterocycles. The molecule has 32 heavy (non-hydrogen) atoms. The Morgan fingerprint density at radius 1 is 0.875 bits per heavy atom. The number of fused-ring (bicyclic) bond motifs is 1. The van der Waals surface area contributed by atoms with Crippen molar-refractivity contribution in [1.82, 2.24) is 9.80 Å². The third-order valence-electron chi connectivity index (χ3n) is 6.71. The van der Waals surface area contributed by atoms with E-state index in [4.69, 9.17) is 21.1 Å². The topological polar surface area (TPSA) is 59.1 Å². The Labute approximate surface area is 193 Å². The monoisotopic (exact) mass is 454 g/mol. The maximum atomic E-state index is 13.4. The van der Waals surface area contributed by atoms with Crippen LogP contribution in [0.3, 0.4) is 0 Å². The first-order valence-corrected chi connectivity index (χ1v) is 11.7. The number of rotatable bonds is 3. The van der Waals surface area contributed by atoms with Gasteiger partial charge in [-0.05, 0) is 67.6 Å². The van der Waals surface area contributed by atoms with Crippen LogP contribution in [0.1, 0.15) is 47.6 Å². The van der Waals surface area contributed by atoms with E-state index in [0.29, 0.717) is 49.7 Å². The van der Waals surface area contributed by atoms with Crippen molar-refractivity contribution in [2.24, 2.45) is 5.92 Å². The summed E-state index contributed by atoms with van der Waals surface area (Å²) in [5.74, 6) is 1.71. The molecule has 0 saturated carbocycles. The standard InChI is InChI=1S/C25H27ClN2O4/c26-20-6-3-17(4-7-20)24(29)27-12-9-18(10-13-27)25(30)28-11-1-2-21(28)19-5-8-22-23(16-19)32-15-14-31-22/h3-8,16,18,21H,1-2,9-15H2/t21-/m0/s1. The highest BCUT2D eigenvalue weighted by Gasteiger charge is 2.36. The Morgan fingerprint density at radius 3 is 2.34 bits per heavy atom. The van der Waals surface area contributed by atoms with Gasteiger partial charge in [-0.1, -0.05) is 17.7 Å². The summed E-state index contributed by atoms with van der Waals surface area (Å²) in [6, 6.07) is 13.1. The van der Waals surface area contributed by atoms with Crippen LogP contribution in [0.15, 0.2) is 42.5 Å². The summed E-state index contributed by atoms with van der Waals surface area (Å²) < 4.78 is 11.4. The molecule has 0 aliphatic carbocycles. The molecule has 0 aromatic heterocycles. The molecule has 7 heteroatoms. The van der Waals surface area contributed by atoms with Gasteiger partial charge in [-0.2, -0.15) is 0 Å². The molecule has 168 valence electrons. The lowest BCUT2D eigenvalue weighted by atomic mass is 9.93. The molecule has 2 fully saturated rings. The number of carbonyl (C=O) groups is 2. The molecule has 0 radical (unpaired) electrons. The van der Waals surface area contributed by atoms with Crippen LogP contribution in [0, 0.1) is 5.92 Å². The Morgan fingerprint density at radius 2 is 1.59 bits per heavy atom. The quantitative estimate of drug-likeness (QED) is 0.692. The normalized spacial score (nSPS) is 21.0. The molecule has 3 heterocycles. The zero-order valence-electron chi connectivity index (χ0n) is 18.0. The van der Waals surface area contributed by atoms with Crippen LogP contribution in [-0.2, 0) is 4.79 Å². The van der Waals surface area contributed by atoms with Gasteiger partial charge in [0.15, 0.2) is 11.5 Å². The zero-order chi connectivity index (χ0) is 22.1. The minimum absolute atomic E-state index is 0.00268. The number of hydrogen-bond acceptors (Lipinski definition) is 4. The summed E-state index contributed by atoms with van der Waals surface area (Å²) in [6.45, 7) is 3.10. The smallest absolute Gasteiger partial charge is 0.253 e. The fourth-order valence-electron chi connectivity index (χ4n) is 4.98. The third-order valence-corrected chi connectivity index (χ3v) is 6.96. The number of amides is 2. The molecule has 2 amide bonds. The van der Waals surface area contributed by atoms with E-state index in [0.717, 1.165) is 36.4 Å². The van der Waals surface area contributed by atoms with Crippen molar-refractivity contribution in [3.8, 4) is 11.5 Å². The molecule has 2 aromatic rings. The van der Waals surface area contributed by atoms with Gasteiger partial charge >= 0.3 is 0 Å². The molecular weight excluding hydrogens is 428 g/mol. The maximum absolute atomic E-state index is 13.4. The average molecular weight is 455 g/mol. The summed E-state index contributed by atoms with van der Waals surface area (Å²) in [5, 5.41) is 0.615. The minimum Gasteiger partial charge on any atom is -0.486 e. The number of piperidine rings is 1. The van der Waals surface area contributed by atoms with E-state index in [1.165, 1.54) is 0 Å². The Hall–Kier alpha value is -2.73. The highest BCUT2D eigenvalue weighted by atomic mass is 35.5. The van der Waals surface area contributed by atoms with Crippen LogP contribution in [0.25, 0.3) is 0 Å². The van der Waals surface area contributed by atoms with Gasteiger partial charge < -0.3 is 19.3 Å². The van der Waals surface area contributed by atoms with Crippen LogP contribution >= 0.6 is 11.6 Å². The summed E-state index contributed by atoms with van der Waals surface area (Å²) in [6.07, 6.45) is 3.35. The second-order valence-corrected chi connectivity index (χ2v) is 9.10. The van der Waals surface area contributed by atoms with Crippen LogP contribution < -0.4 is 9.47 Å². The molecule has 0 N–H and O–H groups in total. The summed E-state index contributed by atoms with van der Waals surface area (Å²) in [5.41, 5.74) is 1.74. The lowest BCUT2D eigenvalue weighted by Gasteiger charge is -2.35. The lowest BCUT2D eigenvalue weighted by molar-refractivity contribution is -0.137. The van der Waals surface area contributed by atoms with E-state index in [-0.39, 0.29) is 23.8 Å². The van der Waals surface area contributed by atoms with Crippen molar-refractivity contribution >= 4 is 23.4 Å². The molecule has 2 saturated heterocycles. The number of hydrogen-bond donors (Lipinski definition) is 0. The first-order chi connectivity index (χ1) is 15.6. The molecule has 2 aromatic carbocycles. The van der Waals surface area contributed by atoms with Crippen molar-refractivity contribution in [3.63, 3.8) is 0 Å². The molecule has 3 aliphatic rings. The van der Waals surface area contributed by atoms with Crippen molar-refractivity contribution in [3.05, 3.63) is 58.6 Å². The SMILES string of the molecule is O=C(c1ccc(Cl)cc1)N1CCC(C(=O)N2CCC[C@H]2c2ccc3c(c2)OCCO3)CC1. The maximum Gasteiger partial charge on any atom is 0.253 e. The summed E-state index contributed by atoms with van der Waals surface area (Å²) in [7, 11) is 0. The Bertz CT molecular complexity index is 1000. The number of likely N-dealkylation sites (tertiary alicyclic amines) is 2. The van der Waals surface area contributed by atoms with Crippen LogP contribution in [0.5, 0.6) is 11.5 Å². The first-order valence-electron chi connectivity index (χ1n) is 11.3. The molecule has 1 atom stereocenters. The van der Waals surface area contributed by atoms with Gasteiger partial charge in [0.2, 0.25) is 5.91 Å². The van der Waals surface area contributed by atoms with E-state index >= 15 is 0 Å². The Balaban J connectivity index is 1.23. The van der Waals surface area contributed by atoms with E-state index in [1.807, 2.05) is 21.9 Å². The van der Waals surface area contributed by atoms with Crippen molar-refractivity contribution in [1.29, 1.82) is 0 Å². The van der Waals surface area contributed by atoms with Gasteiger partial charge in [0.1, 0.15) is 13.2 Å². The molecule has 0 spiro atoms. The fraction of sp³-hybridized carbons (Fsp3) is 0.440. The number of nitrogens with zero attached hydrogens (tertiary/aromatic N) is 2. The highest BCUT2D eigenvalue weighted by molar-refractivity contribution is 6.30. The second kappa shape index (κ2) is 9.02. The summed E-state index contributed by atoms with van der Waals surface area (Å²) in [4.78, 5) is 30.0. The van der Waals surface area contributed by atoms with Gasteiger partial charge in [-0.15, -0.1) is 0 Å². The van der Waals surface area contributed by atoms with Crippen molar-refractivity contribution in [2.75, 3.05) is 32.8 Å². The number of carbonyl (C=O) groups excluding carboxylic acids is 2. The molecule has 5 rings (SSSR count). The minimum atomic E-state index is -0.0397. The number of halogens is 1. The predicted octanol–water partition coefficient (Wildman–Crippen LogP) is 4.33. The van der Waals surface area contributed by atoms with Crippen LogP contribution in [0.2, 0.25) is 5.02 Å². The third kappa shape index (κ3) is 4.16. The van der Waals surface area contributed by atoms with E-state index in [1.54, 1.807) is 24.3 Å². The van der Waals surface area contributed by atoms with Crippen molar-refractivity contribution < 1.29 is 19.1 Å². The second-order valence-electron chi connectivity index (χ2n) is 8.67. The fourth-order valence-corrected chi connectivity index (χ4v) is 5.11. The highest BCUT2D eigenvalue weighted by Crippen LogP contribution is 2.39. The van der Waals surface area contributed by atoms with Crippen LogP contribution in [0.4, 0.5) is 0 Å². The van der Waals surface area contributed by atoms with E-state index in [9.17, 15) is 9.59 Å². The largest absolute Gasteiger partial charge is 0.486 e. The van der Waals surface area contributed by atoms with Gasteiger partial charge in [-0.3, -0.25) is 9.59 Å². The first kappa shape index (κ1) is 21.1. The van der Waals surface area contributed by atoms with Gasteiger partial charge in [0, 0.05) is 36.1 Å². The van der Waals surface area contributed by atoms with Gasteiger partial charge in [0.05, 0.1) is 6.04 Å². The lowest BCUT2D eigenvalue weighted by Crippen LogP contribution is -2.44. The number of benzene rings is 2.